The summed E-state index contributed by atoms with van der Waals surface area (Å²) in [4.78, 5) is 14.2. The number of piperidine rings is 1. The molecule has 0 bridgehead atoms. The van der Waals surface area contributed by atoms with Gasteiger partial charge in [0.25, 0.3) is 5.91 Å². The summed E-state index contributed by atoms with van der Waals surface area (Å²) in [5.74, 6) is 1.10. The first-order valence-corrected chi connectivity index (χ1v) is 6.08. The molecule has 4 nitrogen and oxygen atoms in total. The molecule has 1 aliphatic heterocycles. The van der Waals surface area contributed by atoms with Gasteiger partial charge in [-0.1, -0.05) is 0 Å². The highest BCUT2D eigenvalue weighted by Crippen LogP contribution is 2.22. The minimum atomic E-state index is 0.0603. The van der Waals surface area contributed by atoms with Gasteiger partial charge in [-0.3, -0.25) is 4.79 Å². The molecular weight excluding hydrogens is 218 g/mol. The second-order valence-corrected chi connectivity index (χ2v) is 4.77. The summed E-state index contributed by atoms with van der Waals surface area (Å²) in [6.07, 6.45) is 3.40. The minimum Gasteiger partial charge on any atom is -0.469 e. The number of hydrogen-bond acceptors (Lipinski definition) is 3. The molecule has 17 heavy (non-hydrogen) atoms. The van der Waals surface area contributed by atoms with Gasteiger partial charge in [0.1, 0.15) is 5.76 Å². The Bertz CT molecular complexity index is 383. The Morgan fingerprint density at radius 1 is 1.47 bits per heavy atom. The lowest BCUT2D eigenvalue weighted by atomic mass is 9.97. The van der Waals surface area contributed by atoms with Gasteiger partial charge in [0.05, 0.1) is 11.8 Å². The fraction of sp³-hybridized carbons (Fsp3) is 0.615. The van der Waals surface area contributed by atoms with E-state index in [0.717, 1.165) is 31.5 Å². The number of carbonyl (C=O) groups excluding carboxylic acids is 1. The monoisotopic (exact) mass is 237 g/mol. The van der Waals surface area contributed by atoms with Crippen molar-refractivity contribution < 1.29 is 14.3 Å². The predicted octanol–water partition coefficient (Wildman–Crippen LogP) is 1.74. The van der Waals surface area contributed by atoms with Gasteiger partial charge in [0, 0.05) is 25.3 Å². The maximum atomic E-state index is 12.3. The summed E-state index contributed by atoms with van der Waals surface area (Å²) in [5.41, 5.74) is 1.60. The van der Waals surface area contributed by atoms with Crippen LogP contribution >= 0.6 is 0 Å². The number of aliphatic hydroxyl groups is 1. The summed E-state index contributed by atoms with van der Waals surface area (Å²) >= 11 is 0. The number of aliphatic hydroxyl groups excluding tert-OH is 1. The standard InChI is InChI=1S/C13H19NO3/c1-9-8-17-10(2)12(9)13(16)14-5-3-11(7-15)4-6-14/h8,11,15H,3-7H2,1-2H3. The molecule has 0 unspecified atom stereocenters. The largest absolute Gasteiger partial charge is 0.469 e. The van der Waals surface area contributed by atoms with E-state index in [-0.39, 0.29) is 12.5 Å². The Kier molecular flexibility index (Phi) is 3.52. The van der Waals surface area contributed by atoms with Crippen molar-refractivity contribution in [2.45, 2.75) is 26.7 Å². The van der Waals surface area contributed by atoms with E-state index in [0.29, 0.717) is 17.2 Å². The summed E-state index contributed by atoms with van der Waals surface area (Å²) in [5, 5.41) is 9.07. The Labute approximate surface area is 101 Å². The Hall–Kier alpha value is -1.29. The molecule has 1 amide bonds. The van der Waals surface area contributed by atoms with Crippen LogP contribution in [0.25, 0.3) is 0 Å². The van der Waals surface area contributed by atoms with Crippen molar-refractivity contribution in [3.63, 3.8) is 0 Å². The van der Waals surface area contributed by atoms with Crippen LogP contribution in [0.3, 0.4) is 0 Å². The molecule has 1 aromatic rings. The molecule has 1 aliphatic rings. The van der Waals surface area contributed by atoms with Gasteiger partial charge in [-0.05, 0) is 32.6 Å². The molecule has 0 atom stereocenters. The highest BCUT2D eigenvalue weighted by Gasteiger charge is 2.26. The highest BCUT2D eigenvalue weighted by atomic mass is 16.3. The van der Waals surface area contributed by atoms with Crippen molar-refractivity contribution in [1.29, 1.82) is 0 Å². The Balaban J connectivity index is 2.07. The summed E-state index contributed by atoms with van der Waals surface area (Å²) in [6.45, 7) is 5.40. The number of hydrogen-bond donors (Lipinski definition) is 1. The summed E-state index contributed by atoms with van der Waals surface area (Å²) in [6, 6.07) is 0. The second kappa shape index (κ2) is 4.92. The zero-order valence-electron chi connectivity index (χ0n) is 10.4. The van der Waals surface area contributed by atoms with Crippen LogP contribution in [-0.4, -0.2) is 35.6 Å². The van der Waals surface area contributed by atoms with E-state index in [1.807, 2.05) is 18.7 Å². The molecule has 94 valence electrons. The van der Waals surface area contributed by atoms with E-state index in [9.17, 15) is 4.79 Å². The van der Waals surface area contributed by atoms with Gasteiger partial charge < -0.3 is 14.4 Å². The van der Waals surface area contributed by atoms with E-state index < -0.39 is 0 Å². The maximum Gasteiger partial charge on any atom is 0.257 e. The van der Waals surface area contributed by atoms with Gasteiger partial charge in [-0.25, -0.2) is 0 Å². The number of rotatable bonds is 2. The van der Waals surface area contributed by atoms with Gasteiger partial charge in [-0.2, -0.15) is 0 Å². The van der Waals surface area contributed by atoms with Crippen LogP contribution < -0.4 is 0 Å². The lowest BCUT2D eigenvalue weighted by Crippen LogP contribution is -2.39. The average Bonchev–Trinajstić information content (AvgIpc) is 2.68. The van der Waals surface area contributed by atoms with Crippen LogP contribution in [0.2, 0.25) is 0 Å². The van der Waals surface area contributed by atoms with Gasteiger partial charge >= 0.3 is 0 Å². The van der Waals surface area contributed by atoms with E-state index >= 15 is 0 Å². The van der Waals surface area contributed by atoms with Crippen molar-refractivity contribution in [2.24, 2.45) is 5.92 Å². The first-order chi connectivity index (χ1) is 8.13. The second-order valence-electron chi connectivity index (χ2n) is 4.77. The third-order valence-corrected chi connectivity index (χ3v) is 3.53. The molecule has 1 saturated heterocycles. The zero-order chi connectivity index (χ0) is 12.4. The number of aryl methyl sites for hydroxylation is 2. The number of likely N-dealkylation sites (tertiary alicyclic amines) is 1. The van der Waals surface area contributed by atoms with E-state index in [1.54, 1.807) is 6.26 Å². The first-order valence-electron chi connectivity index (χ1n) is 6.08. The normalized spacial score (nSPS) is 17.5. The maximum absolute atomic E-state index is 12.3. The van der Waals surface area contributed by atoms with E-state index in [4.69, 9.17) is 9.52 Å². The number of furan rings is 1. The molecule has 1 fully saturated rings. The molecule has 0 aliphatic carbocycles. The first kappa shape index (κ1) is 12.2. The van der Waals surface area contributed by atoms with Crippen LogP contribution in [0.4, 0.5) is 0 Å². The summed E-state index contributed by atoms with van der Waals surface area (Å²) < 4.78 is 5.26. The van der Waals surface area contributed by atoms with Crippen LogP contribution in [0.5, 0.6) is 0 Å². The molecule has 4 heteroatoms. The lowest BCUT2D eigenvalue weighted by molar-refractivity contribution is 0.0648. The van der Waals surface area contributed by atoms with Crippen molar-refractivity contribution >= 4 is 5.91 Å². The molecule has 0 saturated carbocycles. The SMILES string of the molecule is Cc1coc(C)c1C(=O)N1CCC(CO)CC1. The van der Waals surface area contributed by atoms with Crippen molar-refractivity contribution in [3.8, 4) is 0 Å². The van der Waals surface area contributed by atoms with E-state index in [2.05, 4.69) is 0 Å². The van der Waals surface area contributed by atoms with Crippen LogP contribution in [-0.2, 0) is 0 Å². The Morgan fingerprint density at radius 3 is 2.59 bits per heavy atom. The van der Waals surface area contributed by atoms with Crippen LogP contribution in [0.1, 0.15) is 34.5 Å². The third-order valence-electron chi connectivity index (χ3n) is 3.53. The number of nitrogens with zero attached hydrogens (tertiary/aromatic N) is 1. The van der Waals surface area contributed by atoms with Gasteiger partial charge in [0.2, 0.25) is 0 Å². The van der Waals surface area contributed by atoms with Crippen molar-refractivity contribution in [1.82, 2.24) is 4.90 Å². The topological polar surface area (TPSA) is 53.7 Å². The van der Waals surface area contributed by atoms with Crippen LogP contribution in [0, 0.1) is 19.8 Å². The average molecular weight is 237 g/mol. The van der Waals surface area contributed by atoms with Crippen LogP contribution in [0.15, 0.2) is 10.7 Å². The van der Waals surface area contributed by atoms with Gasteiger partial charge in [-0.15, -0.1) is 0 Å². The zero-order valence-corrected chi connectivity index (χ0v) is 10.4. The molecule has 2 heterocycles. The molecule has 1 aromatic heterocycles. The highest BCUT2D eigenvalue weighted by molar-refractivity contribution is 5.96. The van der Waals surface area contributed by atoms with E-state index in [1.165, 1.54) is 0 Å². The fourth-order valence-corrected chi connectivity index (χ4v) is 2.37. The lowest BCUT2D eigenvalue weighted by Gasteiger charge is -2.31. The number of carbonyl (C=O) groups is 1. The fourth-order valence-electron chi connectivity index (χ4n) is 2.37. The smallest absolute Gasteiger partial charge is 0.257 e. The quantitative estimate of drug-likeness (QED) is 0.852. The van der Waals surface area contributed by atoms with Crippen molar-refractivity contribution in [3.05, 3.63) is 23.2 Å². The molecule has 0 radical (unpaired) electrons. The molecular formula is C13H19NO3. The molecule has 1 N–H and O–H groups in total. The predicted molar refractivity (Wildman–Crippen MR) is 63.9 cm³/mol. The minimum absolute atomic E-state index is 0.0603. The molecule has 2 rings (SSSR count). The third kappa shape index (κ3) is 2.36. The summed E-state index contributed by atoms with van der Waals surface area (Å²) in [7, 11) is 0. The van der Waals surface area contributed by atoms with Crippen molar-refractivity contribution in [2.75, 3.05) is 19.7 Å². The Morgan fingerprint density at radius 2 is 2.12 bits per heavy atom. The molecule has 0 spiro atoms. The van der Waals surface area contributed by atoms with Gasteiger partial charge in [0.15, 0.2) is 0 Å². The number of amides is 1. The molecule has 0 aromatic carbocycles.